The lowest BCUT2D eigenvalue weighted by molar-refractivity contribution is 0.249. The normalized spacial score (nSPS) is 24.9. The fourth-order valence-electron chi connectivity index (χ4n) is 2.00. The Morgan fingerprint density at radius 1 is 1.64 bits per heavy atom. The molecule has 1 aliphatic rings. The molecule has 0 bridgehead atoms. The van der Waals surface area contributed by atoms with Crippen LogP contribution in [0.4, 0.5) is 4.79 Å². The fourth-order valence-corrected chi connectivity index (χ4v) is 2.00. The summed E-state index contributed by atoms with van der Waals surface area (Å²) < 4.78 is 0. The first-order valence-electron chi connectivity index (χ1n) is 5.36. The van der Waals surface area contributed by atoms with Gasteiger partial charge in [0.05, 0.1) is 0 Å². The maximum Gasteiger partial charge on any atom is 0.332 e. The Kier molecular flexibility index (Phi) is 4.43. The molecule has 1 saturated carbocycles. The molecule has 0 spiro atoms. The van der Waals surface area contributed by atoms with Crippen LogP contribution in [0.15, 0.2) is 5.10 Å². The third-order valence-corrected chi connectivity index (χ3v) is 2.65. The van der Waals surface area contributed by atoms with Crippen molar-refractivity contribution in [3.8, 4) is 0 Å². The van der Waals surface area contributed by atoms with Gasteiger partial charge in [0.2, 0.25) is 0 Å². The minimum atomic E-state index is -0.571. The number of hydrogen-bond donors (Lipinski definition) is 2. The van der Waals surface area contributed by atoms with Gasteiger partial charge in [0.25, 0.3) is 0 Å². The van der Waals surface area contributed by atoms with E-state index in [9.17, 15) is 4.79 Å². The smallest absolute Gasteiger partial charge is 0.332 e. The minimum Gasteiger partial charge on any atom is -0.350 e. The van der Waals surface area contributed by atoms with E-state index >= 15 is 0 Å². The second kappa shape index (κ2) is 5.62. The van der Waals surface area contributed by atoms with Crippen molar-refractivity contribution in [3.05, 3.63) is 0 Å². The molecule has 1 aliphatic carbocycles. The van der Waals surface area contributed by atoms with E-state index in [0.29, 0.717) is 5.92 Å². The molecule has 1 rings (SSSR count). The number of hydrogen-bond acceptors (Lipinski definition) is 2. The number of amides is 2. The van der Waals surface area contributed by atoms with Crippen LogP contribution in [0.2, 0.25) is 0 Å². The van der Waals surface area contributed by atoms with Gasteiger partial charge in [-0.3, -0.25) is 0 Å². The molecule has 80 valence electrons. The number of hydrazone groups is 1. The number of carbonyl (C=O) groups excluding carboxylic acids is 1. The Hall–Kier alpha value is -1.06. The first-order valence-corrected chi connectivity index (χ1v) is 5.36. The summed E-state index contributed by atoms with van der Waals surface area (Å²) in [5, 5.41) is 4.07. The lowest BCUT2D eigenvalue weighted by atomic mass is 9.84. The van der Waals surface area contributed by atoms with Crippen LogP contribution in [-0.4, -0.2) is 11.7 Å². The predicted octanol–water partition coefficient (Wildman–Crippen LogP) is 2.00. The number of nitrogens with one attached hydrogen (secondary N) is 1. The number of carbonyl (C=O) groups is 1. The number of rotatable bonds is 3. The van der Waals surface area contributed by atoms with Crippen LogP contribution in [-0.2, 0) is 0 Å². The van der Waals surface area contributed by atoms with Crippen molar-refractivity contribution < 1.29 is 4.79 Å². The zero-order chi connectivity index (χ0) is 10.4. The fraction of sp³-hybridized carbons (Fsp3) is 0.800. The standard InChI is InChI=1S/C10H19N3O/c1-2-5-8-6-3-4-7-9(8)12-13-10(11)14/h8H,2-7H2,1H3,(H3,11,13,14). The van der Waals surface area contributed by atoms with Crippen LogP contribution < -0.4 is 11.2 Å². The molecule has 4 nitrogen and oxygen atoms in total. The van der Waals surface area contributed by atoms with Gasteiger partial charge in [0, 0.05) is 5.71 Å². The zero-order valence-electron chi connectivity index (χ0n) is 8.75. The lowest BCUT2D eigenvalue weighted by Crippen LogP contribution is -2.29. The van der Waals surface area contributed by atoms with Gasteiger partial charge in [-0.25, -0.2) is 10.2 Å². The summed E-state index contributed by atoms with van der Waals surface area (Å²) in [5.74, 6) is 0.556. The van der Waals surface area contributed by atoms with Crippen molar-refractivity contribution in [2.24, 2.45) is 16.8 Å². The van der Waals surface area contributed by atoms with E-state index in [1.54, 1.807) is 0 Å². The lowest BCUT2D eigenvalue weighted by Gasteiger charge is -2.23. The van der Waals surface area contributed by atoms with Crippen LogP contribution in [0.3, 0.4) is 0 Å². The molecule has 0 saturated heterocycles. The minimum absolute atomic E-state index is 0.556. The molecule has 1 unspecified atom stereocenters. The highest BCUT2D eigenvalue weighted by Crippen LogP contribution is 2.25. The van der Waals surface area contributed by atoms with Crippen LogP contribution in [0, 0.1) is 5.92 Å². The maximum atomic E-state index is 10.5. The van der Waals surface area contributed by atoms with E-state index in [1.807, 2.05) is 0 Å². The predicted molar refractivity (Wildman–Crippen MR) is 57.0 cm³/mol. The van der Waals surface area contributed by atoms with Gasteiger partial charge in [-0.05, 0) is 31.6 Å². The quantitative estimate of drug-likeness (QED) is 0.667. The van der Waals surface area contributed by atoms with Crippen LogP contribution in [0.1, 0.15) is 45.4 Å². The summed E-state index contributed by atoms with van der Waals surface area (Å²) in [7, 11) is 0. The highest BCUT2D eigenvalue weighted by molar-refractivity contribution is 5.88. The molecule has 0 aromatic heterocycles. The number of urea groups is 1. The summed E-state index contributed by atoms with van der Waals surface area (Å²) in [6.07, 6.45) is 7.00. The van der Waals surface area contributed by atoms with Gasteiger partial charge in [-0.2, -0.15) is 5.10 Å². The molecule has 0 heterocycles. The number of nitrogens with zero attached hydrogens (tertiary/aromatic N) is 1. The van der Waals surface area contributed by atoms with Gasteiger partial charge in [0.1, 0.15) is 0 Å². The third-order valence-electron chi connectivity index (χ3n) is 2.65. The second-order valence-corrected chi connectivity index (χ2v) is 3.81. The largest absolute Gasteiger partial charge is 0.350 e. The zero-order valence-corrected chi connectivity index (χ0v) is 8.75. The molecule has 3 N–H and O–H groups in total. The van der Waals surface area contributed by atoms with E-state index in [4.69, 9.17) is 5.73 Å². The monoisotopic (exact) mass is 197 g/mol. The number of primary amides is 1. The Labute approximate surface area is 84.9 Å². The van der Waals surface area contributed by atoms with Gasteiger partial charge < -0.3 is 5.73 Å². The van der Waals surface area contributed by atoms with Crippen molar-refractivity contribution in [2.45, 2.75) is 45.4 Å². The van der Waals surface area contributed by atoms with Crippen molar-refractivity contribution in [1.82, 2.24) is 5.43 Å². The third kappa shape index (κ3) is 3.36. The molecule has 0 radical (unpaired) electrons. The molecule has 1 fully saturated rings. The Balaban J connectivity index is 2.52. The van der Waals surface area contributed by atoms with Crippen LogP contribution in [0.25, 0.3) is 0 Å². The molecule has 0 aromatic carbocycles. The average Bonchev–Trinajstić information content (AvgIpc) is 2.17. The summed E-state index contributed by atoms with van der Waals surface area (Å²) in [6.45, 7) is 2.17. The highest BCUT2D eigenvalue weighted by Gasteiger charge is 2.19. The van der Waals surface area contributed by atoms with Crippen molar-refractivity contribution in [2.75, 3.05) is 0 Å². The van der Waals surface area contributed by atoms with E-state index in [1.165, 1.54) is 32.1 Å². The summed E-state index contributed by atoms with van der Waals surface area (Å²) in [4.78, 5) is 10.5. The first kappa shape index (κ1) is 11.0. The molecular weight excluding hydrogens is 178 g/mol. The van der Waals surface area contributed by atoms with Crippen molar-refractivity contribution in [1.29, 1.82) is 0 Å². The summed E-state index contributed by atoms with van der Waals surface area (Å²) in [5.41, 5.74) is 8.42. The van der Waals surface area contributed by atoms with Gasteiger partial charge in [0.15, 0.2) is 0 Å². The maximum absolute atomic E-state index is 10.5. The van der Waals surface area contributed by atoms with E-state index in [0.717, 1.165) is 12.1 Å². The topological polar surface area (TPSA) is 67.5 Å². The van der Waals surface area contributed by atoms with Crippen LogP contribution in [0.5, 0.6) is 0 Å². The van der Waals surface area contributed by atoms with E-state index in [-0.39, 0.29) is 0 Å². The average molecular weight is 197 g/mol. The Morgan fingerprint density at radius 3 is 3.07 bits per heavy atom. The molecule has 0 aliphatic heterocycles. The summed E-state index contributed by atoms with van der Waals surface area (Å²) in [6, 6.07) is -0.571. The summed E-state index contributed by atoms with van der Waals surface area (Å²) >= 11 is 0. The van der Waals surface area contributed by atoms with Crippen molar-refractivity contribution >= 4 is 11.7 Å². The Bertz CT molecular complexity index is 223. The SMILES string of the molecule is CCCC1CCCCC1=NNC(N)=O. The number of nitrogens with two attached hydrogens (primary N) is 1. The second-order valence-electron chi connectivity index (χ2n) is 3.81. The van der Waals surface area contributed by atoms with Gasteiger partial charge in [-0.1, -0.05) is 19.8 Å². The molecule has 4 heteroatoms. The molecule has 14 heavy (non-hydrogen) atoms. The first-order chi connectivity index (χ1) is 6.74. The highest BCUT2D eigenvalue weighted by atomic mass is 16.2. The molecule has 2 amide bonds. The molecular formula is C10H19N3O. The van der Waals surface area contributed by atoms with E-state index < -0.39 is 6.03 Å². The van der Waals surface area contributed by atoms with Gasteiger partial charge >= 0.3 is 6.03 Å². The Morgan fingerprint density at radius 2 is 2.43 bits per heavy atom. The molecule has 0 aromatic rings. The molecule has 1 atom stereocenters. The van der Waals surface area contributed by atoms with Gasteiger partial charge in [-0.15, -0.1) is 0 Å². The van der Waals surface area contributed by atoms with E-state index in [2.05, 4.69) is 17.5 Å². The van der Waals surface area contributed by atoms with Crippen molar-refractivity contribution in [3.63, 3.8) is 0 Å². The van der Waals surface area contributed by atoms with Crippen LogP contribution >= 0.6 is 0 Å².